The SMILES string of the molecule is O=c1ccc2ncc(F)cc2n1CCN1CCC(NCc2cnc(CO)c(Cl)c2)CC1. The van der Waals surface area contributed by atoms with Crippen molar-refractivity contribution in [3.8, 4) is 0 Å². The molecule has 7 nitrogen and oxygen atoms in total. The van der Waals surface area contributed by atoms with E-state index in [0.29, 0.717) is 40.9 Å². The second-order valence-electron chi connectivity index (χ2n) is 7.81. The zero-order valence-corrected chi connectivity index (χ0v) is 17.9. The average molecular weight is 446 g/mol. The van der Waals surface area contributed by atoms with E-state index in [1.807, 2.05) is 6.07 Å². The van der Waals surface area contributed by atoms with Gasteiger partial charge in [-0.3, -0.25) is 14.8 Å². The van der Waals surface area contributed by atoms with Crippen molar-refractivity contribution in [2.45, 2.75) is 38.6 Å². The van der Waals surface area contributed by atoms with Gasteiger partial charge in [-0.05, 0) is 43.6 Å². The maximum Gasteiger partial charge on any atom is 0.251 e. The molecule has 1 aliphatic rings. The van der Waals surface area contributed by atoms with E-state index < -0.39 is 5.82 Å². The van der Waals surface area contributed by atoms with Crippen molar-refractivity contribution in [1.82, 2.24) is 24.8 Å². The van der Waals surface area contributed by atoms with Gasteiger partial charge in [0.1, 0.15) is 5.82 Å². The number of likely N-dealkylation sites (tertiary alicyclic amines) is 1. The van der Waals surface area contributed by atoms with Gasteiger partial charge in [0.25, 0.3) is 5.56 Å². The van der Waals surface area contributed by atoms with E-state index in [-0.39, 0.29) is 12.2 Å². The molecular formula is C22H25ClFN5O2. The van der Waals surface area contributed by atoms with Gasteiger partial charge >= 0.3 is 0 Å². The number of pyridine rings is 3. The van der Waals surface area contributed by atoms with Crippen LogP contribution in [0, 0.1) is 5.82 Å². The Balaban J connectivity index is 1.29. The van der Waals surface area contributed by atoms with Crippen molar-refractivity contribution in [3.63, 3.8) is 0 Å². The Hall–Kier alpha value is -2.39. The highest BCUT2D eigenvalue weighted by Crippen LogP contribution is 2.17. The molecule has 4 heterocycles. The minimum atomic E-state index is -0.443. The Labute approximate surface area is 184 Å². The molecule has 1 aliphatic heterocycles. The van der Waals surface area contributed by atoms with Crippen LogP contribution < -0.4 is 10.9 Å². The van der Waals surface area contributed by atoms with Crippen molar-refractivity contribution in [1.29, 1.82) is 0 Å². The van der Waals surface area contributed by atoms with Crippen molar-refractivity contribution in [3.05, 3.63) is 69.1 Å². The number of hydrogen-bond acceptors (Lipinski definition) is 6. The van der Waals surface area contributed by atoms with Crippen LogP contribution in [0.25, 0.3) is 11.0 Å². The second-order valence-corrected chi connectivity index (χ2v) is 8.22. The summed E-state index contributed by atoms with van der Waals surface area (Å²) in [5.41, 5.74) is 2.48. The highest BCUT2D eigenvalue weighted by atomic mass is 35.5. The first kappa shape index (κ1) is 21.8. The van der Waals surface area contributed by atoms with Crippen molar-refractivity contribution in [2.75, 3.05) is 19.6 Å². The van der Waals surface area contributed by atoms with Crippen LogP contribution >= 0.6 is 11.6 Å². The predicted octanol–water partition coefficient (Wildman–Crippen LogP) is 2.33. The first-order chi connectivity index (χ1) is 15.0. The Bertz CT molecular complexity index is 1110. The third kappa shape index (κ3) is 5.27. The van der Waals surface area contributed by atoms with Crippen molar-refractivity contribution < 1.29 is 9.50 Å². The van der Waals surface area contributed by atoms with E-state index in [1.54, 1.807) is 16.8 Å². The minimum absolute atomic E-state index is 0.143. The van der Waals surface area contributed by atoms with Crippen LogP contribution in [0.1, 0.15) is 24.1 Å². The summed E-state index contributed by atoms with van der Waals surface area (Å²) in [5.74, 6) is -0.443. The van der Waals surface area contributed by atoms with Crippen LogP contribution in [0.5, 0.6) is 0 Å². The number of rotatable bonds is 7. The molecule has 3 aromatic rings. The maximum atomic E-state index is 13.6. The number of nitrogens with zero attached hydrogens (tertiary/aromatic N) is 4. The summed E-state index contributed by atoms with van der Waals surface area (Å²) in [6, 6.07) is 6.71. The lowest BCUT2D eigenvalue weighted by atomic mass is 10.0. The second kappa shape index (κ2) is 9.82. The summed E-state index contributed by atoms with van der Waals surface area (Å²) >= 11 is 6.11. The standard InChI is InChI=1S/C22H25ClFN5O2/c23-18-9-15(12-26-20(18)14-30)11-25-17-3-5-28(6-4-17)7-8-29-21-10-16(24)13-27-19(21)1-2-22(29)31/h1-2,9-10,12-13,17,25,30H,3-8,11,14H2. The van der Waals surface area contributed by atoms with Crippen LogP contribution in [0.4, 0.5) is 4.39 Å². The Morgan fingerprint density at radius 2 is 1.97 bits per heavy atom. The Morgan fingerprint density at radius 1 is 1.16 bits per heavy atom. The number of fused-ring (bicyclic) bond motifs is 1. The highest BCUT2D eigenvalue weighted by molar-refractivity contribution is 6.31. The predicted molar refractivity (Wildman–Crippen MR) is 117 cm³/mol. The summed E-state index contributed by atoms with van der Waals surface area (Å²) in [5, 5.41) is 13.2. The number of aliphatic hydroxyl groups excluding tert-OH is 1. The smallest absolute Gasteiger partial charge is 0.251 e. The van der Waals surface area contributed by atoms with E-state index in [2.05, 4.69) is 20.2 Å². The first-order valence-corrected chi connectivity index (χ1v) is 10.8. The van der Waals surface area contributed by atoms with Gasteiger partial charge in [-0.1, -0.05) is 11.6 Å². The lowest BCUT2D eigenvalue weighted by Crippen LogP contribution is -2.43. The molecule has 0 saturated carbocycles. The molecule has 0 unspecified atom stereocenters. The third-order valence-electron chi connectivity index (χ3n) is 5.75. The van der Waals surface area contributed by atoms with E-state index in [1.165, 1.54) is 18.3 Å². The number of aromatic nitrogens is 3. The van der Waals surface area contributed by atoms with Crippen LogP contribution in [0.2, 0.25) is 5.02 Å². The summed E-state index contributed by atoms with van der Waals surface area (Å²) < 4.78 is 15.2. The first-order valence-electron chi connectivity index (χ1n) is 10.4. The van der Waals surface area contributed by atoms with E-state index in [0.717, 1.165) is 38.0 Å². The monoisotopic (exact) mass is 445 g/mol. The summed E-state index contributed by atoms with van der Waals surface area (Å²) in [6.45, 7) is 3.58. The average Bonchev–Trinajstić information content (AvgIpc) is 2.78. The minimum Gasteiger partial charge on any atom is -0.390 e. The molecule has 2 N–H and O–H groups in total. The molecule has 0 aliphatic carbocycles. The number of piperidine rings is 1. The van der Waals surface area contributed by atoms with Gasteiger partial charge in [-0.15, -0.1) is 0 Å². The normalized spacial score (nSPS) is 15.6. The van der Waals surface area contributed by atoms with Gasteiger partial charge in [-0.25, -0.2) is 4.39 Å². The zero-order valence-electron chi connectivity index (χ0n) is 17.1. The Morgan fingerprint density at radius 3 is 2.71 bits per heavy atom. The molecule has 0 bridgehead atoms. The molecule has 164 valence electrons. The fraction of sp³-hybridized carbons (Fsp3) is 0.409. The molecule has 1 saturated heterocycles. The number of halogens is 2. The van der Waals surface area contributed by atoms with Crippen LogP contribution in [-0.2, 0) is 19.7 Å². The molecule has 1 fully saturated rings. The quantitative estimate of drug-likeness (QED) is 0.580. The highest BCUT2D eigenvalue weighted by Gasteiger charge is 2.19. The lowest BCUT2D eigenvalue weighted by molar-refractivity contribution is 0.191. The summed E-state index contributed by atoms with van der Waals surface area (Å²) in [4.78, 5) is 22.9. The molecule has 3 aromatic heterocycles. The molecule has 0 aromatic carbocycles. The van der Waals surface area contributed by atoms with Crippen molar-refractivity contribution >= 4 is 22.6 Å². The van der Waals surface area contributed by atoms with Crippen LogP contribution in [-0.4, -0.2) is 50.2 Å². The molecule has 4 rings (SSSR count). The van der Waals surface area contributed by atoms with Gasteiger partial charge in [-0.2, -0.15) is 0 Å². The van der Waals surface area contributed by atoms with Gasteiger partial charge in [0.15, 0.2) is 0 Å². The Kier molecular flexibility index (Phi) is 6.92. The number of nitrogens with one attached hydrogen (secondary N) is 1. The molecule has 0 amide bonds. The van der Waals surface area contributed by atoms with E-state index in [4.69, 9.17) is 16.7 Å². The van der Waals surface area contributed by atoms with Crippen molar-refractivity contribution in [2.24, 2.45) is 0 Å². The summed E-state index contributed by atoms with van der Waals surface area (Å²) in [6.07, 6.45) is 4.89. The third-order valence-corrected chi connectivity index (χ3v) is 6.08. The van der Waals surface area contributed by atoms with E-state index in [9.17, 15) is 9.18 Å². The lowest BCUT2D eigenvalue weighted by Gasteiger charge is -2.32. The maximum absolute atomic E-state index is 13.6. The zero-order chi connectivity index (χ0) is 21.8. The topological polar surface area (TPSA) is 83.3 Å². The number of hydrogen-bond donors (Lipinski definition) is 2. The molecule has 31 heavy (non-hydrogen) atoms. The van der Waals surface area contributed by atoms with E-state index >= 15 is 0 Å². The van der Waals surface area contributed by atoms with Gasteiger partial charge in [0.2, 0.25) is 0 Å². The molecule has 9 heteroatoms. The summed E-state index contributed by atoms with van der Waals surface area (Å²) in [7, 11) is 0. The fourth-order valence-corrected chi connectivity index (χ4v) is 4.21. The number of aliphatic hydroxyl groups is 1. The van der Waals surface area contributed by atoms with Crippen LogP contribution in [0.15, 0.2) is 41.5 Å². The fourth-order valence-electron chi connectivity index (χ4n) is 3.96. The molecule has 0 radical (unpaired) electrons. The molecule has 0 spiro atoms. The van der Waals surface area contributed by atoms with Gasteiger partial charge < -0.3 is 19.9 Å². The van der Waals surface area contributed by atoms with Gasteiger partial charge in [0.05, 0.1) is 34.6 Å². The largest absolute Gasteiger partial charge is 0.390 e. The van der Waals surface area contributed by atoms with Crippen LogP contribution in [0.3, 0.4) is 0 Å². The van der Waals surface area contributed by atoms with Gasteiger partial charge in [0, 0.05) is 44.0 Å². The molecular weight excluding hydrogens is 421 g/mol. The molecule has 0 atom stereocenters.